The fraction of sp³-hybridized carbons (Fsp3) is 0.500. The monoisotopic (exact) mass is 426 g/mol. The van der Waals surface area contributed by atoms with Crippen LogP contribution in [0.3, 0.4) is 0 Å². The van der Waals surface area contributed by atoms with Crippen LogP contribution in [0.4, 0.5) is 0 Å². The van der Waals surface area contributed by atoms with Crippen molar-refractivity contribution in [2.45, 2.75) is 25.7 Å². The Morgan fingerprint density at radius 2 is 0.839 bits per heavy atom. The van der Waals surface area contributed by atoms with E-state index in [2.05, 4.69) is 0 Å². The molecule has 0 heterocycles. The van der Waals surface area contributed by atoms with Gasteiger partial charge in [0.15, 0.2) is 0 Å². The van der Waals surface area contributed by atoms with Crippen molar-refractivity contribution in [2.24, 2.45) is 47.3 Å². The van der Waals surface area contributed by atoms with Crippen molar-refractivity contribution in [1.82, 2.24) is 0 Å². The molecule has 7 heteroatoms. The van der Waals surface area contributed by atoms with Crippen LogP contribution in [0.1, 0.15) is 25.7 Å². The molecule has 7 nitrogen and oxygen atoms in total. The molecule has 8 atom stereocenters. The van der Waals surface area contributed by atoms with Gasteiger partial charge in [0, 0.05) is 0 Å². The Kier molecular flexibility index (Phi) is 5.94. The summed E-state index contributed by atoms with van der Waals surface area (Å²) in [5.41, 5.74) is 0. The third-order valence-corrected chi connectivity index (χ3v) is 7.11. The van der Waals surface area contributed by atoms with E-state index >= 15 is 0 Å². The number of esters is 2. The molecule has 6 aliphatic carbocycles. The molecule has 0 radical (unpaired) electrons. The molecule has 0 fully saturated rings. The zero-order valence-corrected chi connectivity index (χ0v) is 17.0. The molecule has 6 aliphatic rings. The Morgan fingerprint density at radius 1 is 0.548 bits per heavy atom. The smallest absolute Gasteiger partial charge is 0.318 e. The summed E-state index contributed by atoms with van der Waals surface area (Å²) < 4.78 is 5.27. The number of allylic oxidation sites excluding steroid dienone is 8. The number of hydrogen-bond acceptors (Lipinski definition) is 5. The Labute approximate surface area is 180 Å². The summed E-state index contributed by atoms with van der Waals surface area (Å²) in [4.78, 5) is 50.2. The summed E-state index contributed by atoms with van der Waals surface area (Å²) in [5.74, 6) is -9.29. The molecule has 8 unspecified atom stereocenters. The SMILES string of the molecule is O=C(O)C1C2C=CC(C/C=C\C2)C1C(=O)OC(=O)C1C2C=CC(C/C=C\C2)C1C(=O)O. The molecule has 0 amide bonds. The lowest BCUT2D eigenvalue weighted by Crippen LogP contribution is -2.46. The van der Waals surface area contributed by atoms with Crippen molar-refractivity contribution in [3.05, 3.63) is 48.6 Å². The standard InChI is InChI=1S/C24H26O7/c25-21(26)17-13-5-1-3-7-15(11-9-13)19(17)23(29)31-24(30)20-16-8-4-2-6-14(10-12-16)18(20)22(27)28/h1-4,9-20H,5-8H2,(H,25,26)(H,27,28)/b3-1-,4-2-. The number of carbonyl (C=O) groups is 4. The molecule has 0 spiro atoms. The van der Waals surface area contributed by atoms with Crippen molar-refractivity contribution in [1.29, 1.82) is 0 Å². The minimum atomic E-state index is -1.09. The summed E-state index contributed by atoms with van der Waals surface area (Å²) in [7, 11) is 0. The molecule has 6 rings (SSSR count). The van der Waals surface area contributed by atoms with Gasteiger partial charge in [0.2, 0.25) is 0 Å². The van der Waals surface area contributed by atoms with Gasteiger partial charge in [-0.2, -0.15) is 0 Å². The summed E-state index contributed by atoms with van der Waals surface area (Å²) in [6, 6.07) is 0. The molecular weight excluding hydrogens is 400 g/mol. The highest BCUT2D eigenvalue weighted by atomic mass is 16.6. The van der Waals surface area contributed by atoms with Crippen molar-refractivity contribution in [3.8, 4) is 0 Å². The summed E-state index contributed by atoms with van der Waals surface area (Å²) in [6.07, 6.45) is 17.0. The van der Waals surface area contributed by atoms with Gasteiger partial charge in [0.25, 0.3) is 0 Å². The van der Waals surface area contributed by atoms with Crippen molar-refractivity contribution < 1.29 is 34.1 Å². The predicted molar refractivity (Wildman–Crippen MR) is 109 cm³/mol. The summed E-state index contributed by atoms with van der Waals surface area (Å²) in [6.45, 7) is 0. The first-order valence-electron chi connectivity index (χ1n) is 10.8. The lowest BCUT2D eigenvalue weighted by atomic mass is 9.66. The van der Waals surface area contributed by atoms with Crippen LogP contribution in [0.15, 0.2) is 48.6 Å². The van der Waals surface area contributed by atoms with Gasteiger partial charge in [-0.05, 0) is 49.4 Å². The van der Waals surface area contributed by atoms with Crippen LogP contribution >= 0.6 is 0 Å². The van der Waals surface area contributed by atoms with Gasteiger partial charge >= 0.3 is 23.9 Å². The average molecular weight is 426 g/mol. The topological polar surface area (TPSA) is 118 Å². The maximum absolute atomic E-state index is 13.1. The Hall–Kier alpha value is -2.96. The summed E-state index contributed by atoms with van der Waals surface area (Å²) >= 11 is 0. The molecule has 0 aromatic carbocycles. The number of hydrogen-bond donors (Lipinski definition) is 2. The molecule has 31 heavy (non-hydrogen) atoms. The maximum Gasteiger partial charge on any atom is 0.318 e. The fourth-order valence-electron chi connectivity index (χ4n) is 5.58. The normalized spacial score (nSPS) is 40.1. The molecule has 0 aromatic heterocycles. The van der Waals surface area contributed by atoms with Crippen LogP contribution in [-0.4, -0.2) is 34.1 Å². The van der Waals surface area contributed by atoms with Gasteiger partial charge in [-0.3, -0.25) is 19.2 Å². The third-order valence-electron chi connectivity index (χ3n) is 7.11. The lowest BCUT2D eigenvalue weighted by Gasteiger charge is -2.38. The largest absolute Gasteiger partial charge is 0.481 e. The second-order valence-corrected chi connectivity index (χ2v) is 8.83. The van der Waals surface area contributed by atoms with Crippen LogP contribution in [0, 0.1) is 47.3 Å². The second-order valence-electron chi connectivity index (χ2n) is 8.83. The number of fused-ring (bicyclic) bond motifs is 6. The van der Waals surface area contributed by atoms with Gasteiger partial charge in [-0.25, -0.2) is 0 Å². The highest BCUT2D eigenvalue weighted by Gasteiger charge is 2.49. The highest BCUT2D eigenvalue weighted by Crippen LogP contribution is 2.43. The van der Waals surface area contributed by atoms with E-state index in [0.717, 1.165) is 0 Å². The summed E-state index contributed by atoms with van der Waals surface area (Å²) in [5, 5.41) is 19.6. The fourth-order valence-corrected chi connectivity index (χ4v) is 5.58. The van der Waals surface area contributed by atoms with Crippen molar-refractivity contribution in [2.75, 3.05) is 0 Å². The number of rotatable bonds is 4. The zero-order valence-electron chi connectivity index (χ0n) is 17.0. The minimum Gasteiger partial charge on any atom is -0.481 e. The molecule has 0 aromatic rings. The highest BCUT2D eigenvalue weighted by molar-refractivity contribution is 5.93. The van der Waals surface area contributed by atoms with Gasteiger partial charge in [-0.1, -0.05) is 48.6 Å². The Bertz CT molecular complexity index is 824. The first kappa shape index (κ1) is 21.3. The quantitative estimate of drug-likeness (QED) is 0.403. The molecule has 164 valence electrons. The predicted octanol–water partition coefficient (Wildman–Crippen LogP) is 2.99. The van der Waals surface area contributed by atoms with Gasteiger partial charge in [0.1, 0.15) is 0 Å². The second kappa shape index (κ2) is 8.65. The molecule has 4 bridgehead atoms. The molecule has 0 aliphatic heterocycles. The minimum absolute atomic E-state index is 0.352. The van der Waals surface area contributed by atoms with Crippen LogP contribution in [-0.2, 0) is 23.9 Å². The number of carbonyl (C=O) groups excluding carboxylic acids is 2. The number of aliphatic carboxylic acids is 2. The van der Waals surface area contributed by atoms with E-state index in [1.54, 1.807) is 0 Å². The van der Waals surface area contributed by atoms with E-state index in [9.17, 15) is 29.4 Å². The first-order chi connectivity index (χ1) is 14.9. The van der Waals surface area contributed by atoms with E-state index in [4.69, 9.17) is 4.74 Å². The van der Waals surface area contributed by atoms with Gasteiger partial charge in [-0.15, -0.1) is 0 Å². The van der Waals surface area contributed by atoms with E-state index in [-0.39, 0.29) is 23.7 Å². The van der Waals surface area contributed by atoms with E-state index in [1.807, 2.05) is 48.6 Å². The van der Waals surface area contributed by atoms with Gasteiger partial charge < -0.3 is 14.9 Å². The lowest BCUT2D eigenvalue weighted by molar-refractivity contribution is -0.176. The average Bonchev–Trinajstić information content (AvgIpc) is 2.66. The first-order valence-corrected chi connectivity index (χ1v) is 10.8. The number of carboxylic acid groups (broad SMARTS) is 2. The number of carboxylic acids is 2. The van der Waals surface area contributed by atoms with Crippen LogP contribution in [0.2, 0.25) is 0 Å². The zero-order chi connectivity index (χ0) is 22.1. The van der Waals surface area contributed by atoms with E-state index in [0.29, 0.717) is 25.7 Å². The molecule has 0 saturated carbocycles. The third kappa shape index (κ3) is 4.01. The van der Waals surface area contributed by atoms with Crippen LogP contribution in [0.5, 0.6) is 0 Å². The molecule has 2 N–H and O–H groups in total. The molecule has 0 saturated heterocycles. The van der Waals surface area contributed by atoms with Crippen molar-refractivity contribution in [3.63, 3.8) is 0 Å². The Balaban J connectivity index is 1.59. The van der Waals surface area contributed by atoms with E-state index < -0.39 is 47.5 Å². The Morgan fingerprint density at radius 3 is 1.13 bits per heavy atom. The van der Waals surface area contributed by atoms with Crippen LogP contribution < -0.4 is 0 Å². The number of ether oxygens (including phenoxy) is 1. The van der Waals surface area contributed by atoms with Crippen molar-refractivity contribution >= 4 is 23.9 Å². The van der Waals surface area contributed by atoms with Gasteiger partial charge in [0.05, 0.1) is 23.7 Å². The molecular formula is C24H26O7. The van der Waals surface area contributed by atoms with E-state index in [1.165, 1.54) is 0 Å². The van der Waals surface area contributed by atoms with Crippen LogP contribution in [0.25, 0.3) is 0 Å². The maximum atomic E-state index is 13.1.